The van der Waals surface area contributed by atoms with Crippen LogP contribution >= 0.6 is 0 Å². The topological polar surface area (TPSA) is 128 Å². The number of hydrogen-bond donors (Lipinski definition) is 2. The van der Waals surface area contributed by atoms with Crippen molar-refractivity contribution in [3.63, 3.8) is 0 Å². The minimum atomic E-state index is -0.375. The van der Waals surface area contributed by atoms with Gasteiger partial charge in [-0.05, 0) is 68.4 Å². The number of likely N-dealkylation sites (N-methyl/N-ethyl adjacent to an activating group) is 1. The van der Waals surface area contributed by atoms with Gasteiger partial charge < -0.3 is 39.7 Å². The van der Waals surface area contributed by atoms with Gasteiger partial charge in [0.2, 0.25) is 11.9 Å². The number of anilines is 4. The fraction of sp³-hybridized carbons (Fsp3) is 0.469. The quantitative estimate of drug-likeness (QED) is 0.428. The van der Waals surface area contributed by atoms with Crippen LogP contribution in [0.3, 0.4) is 0 Å². The molecule has 0 aliphatic carbocycles. The first kappa shape index (κ1) is 29.4. The Hall–Kier alpha value is -4.33. The smallest absolute Gasteiger partial charge is 0.323 e. The summed E-state index contributed by atoms with van der Waals surface area (Å²) < 4.78 is 11.5. The minimum absolute atomic E-state index is 0.0127. The summed E-state index contributed by atoms with van der Waals surface area (Å²) in [6.07, 6.45) is 2.35. The van der Waals surface area contributed by atoms with E-state index in [1.165, 1.54) is 0 Å². The van der Waals surface area contributed by atoms with Gasteiger partial charge in [-0.1, -0.05) is 0 Å². The number of fused-ring (bicyclic) bond motifs is 3. The molecule has 1 aromatic heterocycles. The van der Waals surface area contributed by atoms with Gasteiger partial charge in [-0.15, -0.1) is 0 Å². The second-order valence-corrected chi connectivity index (χ2v) is 12.0. The van der Waals surface area contributed by atoms with Crippen molar-refractivity contribution < 1.29 is 19.1 Å². The molecule has 6 heterocycles. The van der Waals surface area contributed by atoms with Crippen molar-refractivity contribution in [2.24, 2.45) is 0 Å². The minimum Gasteiger partial charge on any atom is -0.378 e. The van der Waals surface area contributed by atoms with Crippen molar-refractivity contribution in [2.75, 3.05) is 93.1 Å². The molecule has 13 heteroatoms. The average molecular weight is 614 g/mol. The fourth-order valence-electron chi connectivity index (χ4n) is 6.20. The average Bonchev–Trinajstić information content (AvgIpc) is 3.09. The Labute approximate surface area is 262 Å². The Balaban J connectivity index is 1.02. The fourth-order valence-corrected chi connectivity index (χ4v) is 6.20. The van der Waals surface area contributed by atoms with Crippen LogP contribution in [0.5, 0.6) is 0 Å². The maximum absolute atomic E-state index is 12.8. The number of nitrogens with one attached hydrogen (secondary N) is 2. The molecule has 0 spiro atoms. The number of carbonyl (C=O) groups excluding carboxylic acids is 2. The Morgan fingerprint density at radius 3 is 2.09 bits per heavy atom. The molecule has 0 saturated carbocycles. The number of carbonyl (C=O) groups is 2. The van der Waals surface area contributed by atoms with Crippen molar-refractivity contribution in [3.05, 3.63) is 54.1 Å². The van der Waals surface area contributed by atoms with Crippen LogP contribution in [-0.4, -0.2) is 122 Å². The summed E-state index contributed by atoms with van der Waals surface area (Å²) in [5.74, 6) is 1.93. The number of aromatic nitrogens is 3. The van der Waals surface area contributed by atoms with Crippen LogP contribution < -0.4 is 20.4 Å². The molecular weight excluding hydrogens is 574 g/mol. The van der Waals surface area contributed by atoms with Gasteiger partial charge in [0, 0.05) is 68.3 Å². The molecule has 8 rings (SSSR count). The number of nitrogens with zero attached hydrogens (tertiary/aromatic N) is 7. The predicted octanol–water partition coefficient (Wildman–Crippen LogP) is 2.77. The molecule has 5 aliphatic heterocycles. The molecule has 2 unspecified atom stereocenters. The van der Waals surface area contributed by atoms with Gasteiger partial charge in [0.05, 0.1) is 32.0 Å². The van der Waals surface area contributed by atoms with Crippen LogP contribution in [0.4, 0.5) is 28.1 Å². The van der Waals surface area contributed by atoms with E-state index < -0.39 is 0 Å². The molecule has 2 N–H and O–H groups in total. The number of urea groups is 1. The Morgan fingerprint density at radius 1 is 0.800 bits per heavy atom. The van der Waals surface area contributed by atoms with Crippen molar-refractivity contribution in [1.29, 1.82) is 0 Å². The first-order valence-corrected chi connectivity index (χ1v) is 15.7. The molecule has 2 aromatic carbocycles. The maximum atomic E-state index is 12.8. The number of ether oxygens (including phenoxy) is 2. The summed E-state index contributed by atoms with van der Waals surface area (Å²) in [4.78, 5) is 48.7. The molecule has 3 aromatic rings. The van der Waals surface area contributed by atoms with E-state index in [-0.39, 0.29) is 24.1 Å². The zero-order chi connectivity index (χ0) is 30.8. The lowest BCUT2D eigenvalue weighted by molar-refractivity contribution is -0.0232. The van der Waals surface area contributed by atoms with Gasteiger partial charge in [-0.3, -0.25) is 4.79 Å². The number of hydrogen-bond acceptors (Lipinski definition) is 10. The van der Waals surface area contributed by atoms with E-state index in [1.54, 1.807) is 24.3 Å². The molecule has 5 aliphatic rings. The highest BCUT2D eigenvalue weighted by molar-refractivity contribution is 6.00. The second-order valence-electron chi connectivity index (χ2n) is 12.0. The predicted molar refractivity (Wildman–Crippen MR) is 171 cm³/mol. The standard InChI is InChI=1S/C32H39N9O4/c1-38-12-14-39(15-13-38)29(42)23-4-8-25(9-5-23)34-32(43)33-24-6-2-22(3-7-24)28-35-30(40-16-18-44-19-17-40)37-31(36-28)41-20-27-11-10-26(41)21-45-27/h2-9,26-27H,10-21H2,1H3,(H2,33,34,43). The third-order valence-electron chi connectivity index (χ3n) is 8.93. The van der Waals surface area contributed by atoms with Crippen LogP contribution in [0.15, 0.2) is 48.5 Å². The number of piperazine rings is 1. The van der Waals surface area contributed by atoms with Crippen molar-refractivity contribution in [3.8, 4) is 11.4 Å². The molecule has 0 radical (unpaired) electrons. The molecule has 2 bridgehead atoms. The first-order chi connectivity index (χ1) is 22.0. The van der Waals surface area contributed by atoms with E-state index in [0.717, 1.165) is 64.2 Å². The highest BCUT2D eigenvalue weighted by atomic mass is 16.5. The molecule has 2 atom stereocenters. The van der Waals surface area contributed by atoms with Gasteiger partial charge in [0.1, 0.15) is 0 Å². The molecule has 45 heavy (non-hydrogen) atoms. The van der Waals surface area contributed by atoms with Gasteiger partial charge >= 0.3 is 6.03 Å². The zero-order valence-electron chi connectivity index (χ0n) is 25.5. The van der Waals surface area contributed by atoms with Crippen LogP contribution in [0.25, 0.3) is 11.4 Å². The molecule has 236 valence electrons. The number of piperidine rings is 1. The largest absolute Gasteiger partial charge is 0.378 e. The molecule has 5 fully saturated rings. The normalized spacial score (nSPS) is 21.9. The third kappa shape index (κ3) is 6.70. The lowest BCUT2D eigenvalue weighted by Crippen LogP contribution is -2.55. The molecular formula is C32H39N9O4. The van der Waals surface area contributed by atoms with Gasteiger partial charge in [0.15, 0.2) is 5.82 Å². The highest BCUT2D eigenvalue weighted by Gasteiger charge is 2.36. The van der Waals surface area contributed by atoms with E-state index >= 15 is 0 Å². The SMILES string of the molecule is CN1CCN(C(=O)c2ccc(NC(=O)Nc3ccc(-c4nc(N5CCOCC5)nc(N5CC6CCC5CO6)n4)cc3)cc2)CC1. The first-order valence-electron chi connectivity index (χ1n) is 15.7. The number of benzene rings is 2. The lowest BCUT2D eigenvalue weighted by atomic mass is 9.97. The summed E-state index contributed by atoms with van der Waals surface area (Å²) in [7, 11) is 2.06. The number of morpholine rings is 2. The molecule has 5 saturated heterocycles. The van der Waals surface area contributed by atoms with Crippen LogP contribution in [0.1, 0.15) is 23.2 Å². The number of rotatable bonds is 6. The zero-order valence-corrected chi connectivity index (χ0v) is 25.5. The van der Waals surface area contributed by atoms with Crippen molar-refractivity contribution >= 4 is 35.2 Å². The summed E-state index contributed by atoms with van der Waals surface area (Å²) in [6, 6.07) is 14.4. The maximum Gasteiger partial charge on any atom is 0.323 e. The van der Waals surface area contributed by atoms with Crippen LogP contribution in [0.2, 0.25) is 0 Å². The van der Waals surface area contributed by atoms with Crippen molar-refractivity contribution in [2.45, 2.75) is 25.0 Å². The van der Waals surface area contributed by atoms with Gasteiger partial charge in [-0.25, -0.2) is 4.79 Å². The van der Waals surface area contributed by atoms with E-state index in [9.17, 15) is 9.59 Å². The third-order valence-corrected chi connectivity index (χ3v) is 8.93. The van der Waals surface area contributed by atoms with Crippen LogP contribution in [-0.2, 0) is 9.47 Å². The Morgan fingerprint density at radius 2 is 1.47 bits per heavy atom. The molecule has 13 nitrogen and oxygen atoms in total. The van der Waals surface area contributed by atoms with Crippen LogP contribution in [0, 0.1) is 0 Å². The highest BCUT2D eigenvalue weighted by Crippen LogP contribution is 2.31. The van der Waals surface area contributed by atoms with E-state index in [4.69, 9.17) is 24.4 Å². The van der Waals surface area contributed by atoms with Gasteiger partial charge in [0.25, 0.3) is 5.91 Å². The number of amides is 3. The summed E-state index contributed by atoms with van der Waals surface area (Å²) in [5, 5.41) is 5.72. The van der Waals surface area contributed by atoms with Gasteiger partial charge in [-0.2, -0.15) is 15.0 Å². The monoisotopic (exact) mass is 613 g/mol. The summed E-state index contributed by atoms with van der Waals surface area (Å²) >= 11 is 0. The summed E-state index contributed by atoms with van der Waals surface area (Å²) in [6.45, 7) is 7.38. The van der Waals surface area contributed by atoms with E-state index in [1.807, 2.05) is 29.2 Å². The Bertz CT molecular complexity index is 1500. The Kier molecular flexibility index (Phi) is 8.46. The molecule has 3 amide bonds. The lowest BCUT2D eigenvalue weighted by Gasteiger charge is -2.45. The van der Waals surface area contributed by atoms with E-state index in [0.29, 0.717) is 54.5 Å². The van der Waals surface area contributed by atoms with E-state index in [2.05, 4.69) is 32.4 Å². The summed E-state index contributed by atoms with van der Waals surface area (Å²) in [5.41, 5.74) is 2.68. The second kappa shape index (κ2) is 13.0. The van der Waals surface area contributed by atoms with Crippen molar-refractivity contribution in [1.82, 2.24) is 24.8 Å².